The summed E-state index contributed by atoms with van der Waals surface area (Å²) in [4.78, 5) is 29.5. The first-order valence-electron chi connectivity index (χ1n) is 7.57. The highest BCUT2D eigenvalue weighted by molar-refractivity contribution is 8.04. The van der Waals surface area contributed by atoms with Gasteiger partial charge in [-0.15, -0.1) is 11.3 Å². The van der Waals surface area contributed by atoms with Crippen LogP contribution in [0.25, 0.3) is 11.1 Å². The van der Waals surface area contributed by atoms with E-state index in [4.69, 9.17) is 11.5 Å². The fraction of sp³-hybridized carbons (Fsp3) is 0.235. The number of nitrogens with one attached hydrogen (secondary N) is 1. The average Bonchev–Trinajstić information content (AvgIpc) is 3.18. The van der Waals surface area contributed by atoms with Crippen LogP contribution < -0.4 is 16.8 Å². The molecular weight excluding hydrogens is 356 g/mol. The van der Waals surface area contributed by atoms with Crippen molar-refractivity contribution in [3.8, 4) is 0 Å². The lowest BCUT2D eigenvalue weighted by atomic mass is 10.1. The summed E-state index contributed by atoms with van der Waals surface area (Å²) in [7, 11) is 0. The summed E-state index contributed by atoms with van der Waals surface area (Å²) in [5, 5.41) is 3.13. The lowest BCUT2D eigenvalue weighted by Gasteiger charge is -2.17. The number of hydrogen-bond donors (Lipinski definition) is 3. The van der Waals surface area contributed by atoms with E-state index in [9.17, 15) is 9.59 Å². The molecule has 1 aromatic heterocycles. The third-order valence-corrected chi connectivity index (χ3v) is 6.10. The van der Waals surface area contributed by atoms with Crippen LogP contribution in [0.3, 0.4) is 0 Å². The number of thioether (sulfide) groups is 1. The van der Waals surface area contributed by atoms with Crippen LogP contribution in [-0.4, -0.2) is 22.2 Å². The van der Waals surface area contributed by atoms with Gasteiger partial charge in [-0.25, -0.2) is 4.98 Å². The van der Waals surface area contributed by atoms with Gasteiger partial charge >= 0.3 is 0 Å². The summed E-state index contributed by atoms with van der Waals surface area (Å²) < 4.78 is 0. The Bertz CT molecular complexity index is 792. The molecule has 2 amide bonds. The number of primary amides is 1. The number of carbonyl (C=O) groups excluding carboxylic acids is 2. The van der Waals surface area contributed by atoms with E-state index in [1.165, 1.54) is 29.3 Å². The van der Waals surface area contributed by atoms with Gasteiger partial charge < -0.3 is 16.8 Å². The van der Waals surface area contributed by atoms with Crippen LogP contribution in [0.15, 0.2) is 42.1 Å². The molecule has 1 aliphatic rings. The van der Waals surface area contributed by atoms with E-state index in [-0.39, 0.29) is 22.8 Å². The Labute approximate surface area is 154 Å². The van der Waals surface area contributed by atoms with Crippen molar-refractivity contribution in [2.24, 2.45) is 17.4 Å². The number of nitrogens with zero attached hydrogens (tertiary/aromatic N) is 1. The molecule has 0 aromatic carbocycles. The second-order valence-corrected chi connectivity index (χ2v) is 7.54. The van der Waals surface area contributed by atoms with Crippen LogP contribution in [0.2, 0.25) is 0 Å². The molecule has 5 N–H and O–H groups in total. The Morgan fingerprint density at radius 3 is 2.68 bits per heavy atom. The summed E-state index contributed by atoms with van der Waals surface area (Å²) in [5.74, 6) is -0.846. The molecule has 25 heavy (non-hydrogen) atoms. The molecule has 2 heterocycles. The highest BCUT2D eigenvalue weighted by atomic mass is 32.2. The zero-order valence-corrected chi connectivity index (χ0v) is 15.6. The van der Waals surface area contributed by atoms with E-state index >= 15 is 0 Å². The largest absolute Gasteiger partial charge is 0.404 e. The minimum Gasteiger partial charge on any atom is -0.404 e. The Balaban J connectivity index is 2.13. The Morgan fingerprint density at radius 2 is 2.16 bits per heavy atom. The second kappa shape index (κ2) is 8.17. The van der Waals surface area contributed by atoms with Crippen LogP contribution in [-0.2, 0) is 9.59 Å². The lowest BCUT2D eigenvalue weighted by Crippen LogP contribution is -2.35. The van der Waals surface area contributed by atoms with Gasteiger partial charge in [-0.05, 0) is 12.5 Å². The molecule has 2 atom stereocenters. The minimum atomic E-state index is -0.490. The zero-order valence-electron chi connectivity index (χ0n) is 14.0. The van der Waals surface area contributed by atoms with Gasteiger partial charge in [0.15, 0.2) is 0 Å². The van der Waals surface area contributed by atoms with Crippen LogP contribution in [0, 0.1) is 5.92 Å². The maximum atomic E-state index is 12.6. The van der Waals surface area contributed by atoms with Gasteiger partial charge in [0.05, 0.1) is 20.7 Å². The van der Waals surface area contributed by atoms with Gasteiger partial charge in [0.25, 0.3) is 11.8 Å². The predicted octanol–water partition coefficient (Wildman–Crippen LogP) is 2.23. The molecule has 2 rings (SSSR count). The highest BCUT2D eigenvalue weighted by Crippen LogP contribution is 2.35. The normalized spacial score (nSPS) is 21.0. The van der Waals surface area contributed by atoms with Crippen LogP contribution >= 0.6 is 23.1 Å². The Kier molecular flexibility index (Phi) is 6.22. The molecule has 0 saturated heterocycles. The van der Waals surface area contributed by atoms with Crippen molar-refractivity contribution < 1.29 is 9.59 Å². The van der Waals surface area contributed by atoms with Crippen molar-refractivity contribution in [3.63, 3.8) is 0 Å². The number of allylic oxidation sites excluding steroid dienone is 3. The lowest BCUT2D eigenvalue weighted by molar-refractivity contribution is -0.116. The molecule has 0 spiro atoms. The fourth-order valence-electron chi connectivity index (χ4n) is 2.25. The average molecular weight is 377 g/mol. The van der Waals surface area contributed by atoms with Crippen molar-refractivity contribution in [2.75, 3.05) is 0 Å². The molecule has 6 nitrogen and oxygen atoms in total. The van der Waals surface area contributed by atoms with Crippen LogP contribution in [0.1, 0.15) is 23.7 Å². The van der Waals surface area contributed by atoms with E-state index in [0.717, 1.165) is 10.5 Å². The molecule has 1 aromatic rings. The molecule has 0 radical (unpaired) electrons. The molecule has 0 saturated carbocycles. The highest BCUT2D eigenvalue weighted by Gasteiger charge is 2.30. The minimum absolute atomic E-state index is 0.0160. The van der Waals surface area contributed by atoms with Crippen molar-refractivity contribution in [3.05, 3.63) is 52.0 Å². The first-order valence-corrected chi connectivity index (χ1v) is 9.27. The first kappa shape index (κ1) is 19.0. The molecule has 2 unspecified atom stereocenters. The second-order valence-electron chi connectivity index (χ2n) is 5.32. The van der Waals surface area contributed by atoms with Crippen LogP contribution in [0.4, 0.5) is 0 Å². The number of rotatable bonds is 6. The quantitative estimate of drug-likeness (QED) is 0.521. The summed E-state index contributed by atoms with van der Waals surface area (Å²) in [6, 6.07) is 0. The molecule has 0 bridgehead atoms. The van der Waals surface area contributed by atoms with Crippen molar-refractivity contribution >= 4 is 46.1 Å². The maximum Gasteiger partial charge on any atom is 0.256 e. The van der Waals surface area contributed by atoms with Gasteiger partial charge in [0.2, 0.25) is 0 Å². The fourth-order valence-corrected chi connectivity index (χ4v) is 4.41. The molecule has 8 heteroatoms. The standard InChI is InChI=1S/C17H20N4O2S2/c1-4-10(5-2)13-8-20-17(25-13)11(7-18)15(23)21-16-9(3)6-12(24-16)14(19)22/h4-9,16H,1,18H2,2-3H3,(H2,19,22)(H,21,23)/b10-5+,11-7?. The van der Waals surface area contributed by atoms with Crippen LogP contribution in [0.5, 0.6) is 0 Å². The van der Waals surface area contributed by atoms with Crippen molar-refractivity contribution in [1.29, 1.82) is 0 Å². The van der Waals surface area contributed by atoms with Gasteiger partial charge in [0, 0.05) is 18.3 Å². The van der Waals surface area contributed by atoms with Gasteiger partial charge in [0.1, 0.15) is 5.01 Å². The van der Waals surface area contributed by atoms with E-state index in [0.29, 0.717) is 9.91 Å². The topological polar surface area (TPSA) is 111 Å². The third-order valence-electron chi connectivity index (χ3n) is 3.62. The molecule has 1 aliphatic heterocycles. The van der Waals surface area contributed by atoms with E-state index in [2.05, 4.69) is 16.9 Å². The number of carbonyl (C=O) groups is 2. The number of aromatic nitrogens is 1. The smallest absolute Gasteiger partial charge is 0.256 e. The van der Waals surface area contributed by atoms with Gasteiger partial charge in [-0.1, -0.05) is 43.5 Å². The van der Waals surface area contributed by atoms with Gasteiger partial charge in [-0.2, -0.15) is 0 Å². The summed E-state index contributed by atoms with van der Waals surface area (Å²) in [6.45, 7) is 7.58. The first-order chi connectivity index (χ1) is 11.9. The summed E-state index contributed by atoms with van der Waals surface area (Å²) in [5.41, 5.74) is 12.2. The molecular formula is C17H20N4O2S2. The predicted molar refractivity (Wildman–Crippen MR) is 104 cm³/mol. The summed E-state index contributed by atoms with van der Waals surface area (Å²) >= 11 is 2.60. The number of amides is 2. The van der Waals surface area contributed by atoms with Crippen molar-refractivity contribution in [1.82, 2.24) is 10.3 Å². The molecule has 0 fully saturated rings. The van der Waals surface area contributed by atoms with E-state index in [1.54, 1.807) is 18.3 Å². The van der Waals surface area contributed by atoms with Crippen molar-refractivity contribution in [2.45, 2.75) is 19.2 Å². The number of nitrogens with two attached hydrogens (primary N) is 2. The third kappa shape index (κ3) is 4.21. The maximum absolute atomic E-state index is 12.6. The number of hydrogen-bond acceptors (Lipinski definition) is 6. The molecule has 0 aliphatic carbocycles. The molecule has 132 valence electrons. The summed E-state index contributed by atoms with van der Waals surface area (Å²) in [6.07, 6.45) is 8.34. The Hall–Kier alpha value is -2.32. The SMILES string of the molecule is C=C/C(=C\C)c1cnc(C(=CN)C(=O)NC2SC(C(N)=O)=CC2C)s1. The van der Waals surface area contributed by atoms with E-state index in [1.807, 2.05) is 19.9 Å². The Morgan fingerprint density at radius 1 is 1.44 bits per heavy atom. The van der Waals surface area contributed by atoms with E-state index < -0.39 is 5.91 Å². The number of thiazole rings is 1. The zero-order chi connectivity index (χ0) is 18.6. The monoisotopic (exact) mass is 376 g/mol. The van der Waals surface area contributed by atoms with Gasteiger partial charge in [-0.3, -0.25) is 9.59 Å².